The zero-order valence-electron chi connectivity index (χ0n) is 14.0. The molecule has 1 amide bonds. The smallest absolute Gasteiger partial charge is 0.287 e. The van der Waals surface area contributed by atoms with Crippen LogP contribution < -0.4 is 5.32 Å². The molecule has 0 aliphatic heterocycles. The van der Waals surface area contributed by atoms with Gasteiger partial charge < -0.3 is 19.3 Å². The number of para-hydroxylation sites is 1. The molecule has 5 nitrogen and oxygen atoms in total. The molecule has 0 aliphatic rings. The molecule has 0 aliphatic carbocycles. The average molecular weight is 327 g/mol. The van der Waals surface area contributed by atoms with Gasteiger partial charge in [-0.1, -0.05) is 18.2 Å². The molecule has 126 valence electrons. The summed E-state index contributed by atoms with van der Waals surface area (Å²) >= 11 is 0. The third-order valence-electron chi connectivity index (χ3n) is 4.19. The van der Waals surface area contributed by atoms with Crippen molar-refractivity contribution >= 4 is 16.9 Å². The Bertz CT molecular complexity index is 848. The fraction of sp³-hybridized carbons (Fsp3) is 0.316. The molecule has 1 aromatic carbocycles. The first-order valence-corrected chi connectivity index (χ1v) is 7.98. The number of benzene rings is 1. The van der Waals surface area contributed by atoms with Crippen molar-refractivity contribution in [3.63, 3.8) is 0 Å². The number of aryl methyl sites for hydroxylation is 2. The molecule has 0 saturated heterocycles. The minimum Gasteiger partial charge on any atom is -0.467 e. The van der Waals surface area contributed by atoms with Gasteiger partial charge in [0.05, 0.1) is 6.26 Å². The normalized spacial score (nSPS) is 13.8. The molecule has 0 unspecified atom stereocenters. The number of amides is 1. The van der Waals surface area contributed by atoms with Crippen molar-refractivity contribution in [2.75, 3.05) is 0 Å². The SMILES string of the molecule is Cc1c(C(=O)N[C@@H](C)C[C@H](O)c2ccco2)oc2c(C)cccc12. The van der Waals surface area contributed by atoms with Crippen LogP contribution in [-0.4, -0.2) is 17.1 Å². The van der Waals surface area contributed by atoms with E-state index in [-0.39, 0.29) is 11.9 Å². The van der Waals surface area contributed by atoms with Crippen molar-refractivity contribution in [2.45, 2.75) is 39.3 Å². The summed E-state index contributed by atoms with van der Waals surface area (Å²) in [6.45, 7) is 5.67. The van der Waals surface area contributed by atoms with E-state index < -0.39 is 6.10 Å². The Morgan fingerprint density at radius 1 is 1.25 bits per heavy atom. The quantitative estimate of drug-likeness (QED) is 0.745. The van der Waals surface area contributed by atoms with E-state index in [1.54, 1.807) is 12.1 Å². The van der Waals surface area contributed by atoms with Crippen molar-refractivity contribution in [1.82, 2.24) is 5.32 Å². The van der Waals surface area contributed by atoms with Crippen LogP contribution in [-0.2, 0) is 0 Å². The number of aliphatic hydroxyl groups excluding tert-OH is 1. The Morgan fingerprint density at radius 3 is 2.71 bits per heavy atom. The average Bonchev–Trinajstić information content (AvgIpc) is 3.16. The highest BCUT2D eigenvalue weighted by molar-refractivity contribution is 5.99. The van der Waals surface area contributed by atoms with Crippen molar-refractivity contribution in [2.24, 2.45) is 0 Å². The fourth-order valence-corrected chi connectivity index (χ4v) is 2.88. The number of aliphatic hydroxyl groups is 1. The Morgan fingerprint density at radius 2 is 2.04 bits per heavy atom. The van der Waals surface area contributed by atoms with Gasteiger partial charge in [-0.3, -0.25) is 4.79 Å². The van der Waals surface area contributed by atoms with Crippen molar-refractivity contribution in [3.05, 3.63) is 59.2 Å². The topological polar surface area (TPSA) is 75.6 Å². The number of carbonyl (C=O) groups excluding carboxylic acids is 1. The van der Waals surface area contributed by atoms with Crippen LogP contribution >= 0.6 is 0 Å². The first kappa shape index (κ1) is 16.3. The predicted molar refractivity (Wildman–Crippen MR) is 90.9 cm³/mol. The molecular weight excluding hydrogens is 306 g/mol. The number of rotatable bonds is 5. The summed E-state index contributed by atoms with van der Waals surface area (Å²) < 4.78 is 11.0. The van der Waals surface area contributed by atoms with Crippen molar-refractivity contribution < 1.29 is 18.7 Å². The first-order chi connectivity index (χ1) is 11.5. The maximum absolute atomic E-state index is 12.5. The van der Waals surface area contributed by atoms with Gasteiger partial charge in [0.1, 0.15) is 17.4 Å². The third-order valence-corrected chi connectivity index (χ3v) is 4.19. The summed E-state index contributed by atoms with van der Waals surface area (Å²) in [6, 6.07) is 9.06. The summed E-state index contributed by atoms with van der Waals surface area (Å²) in [5.41, 5.74) is 2.56. The summed E-state index contributed by atoms with van der Waals surface area (Å²) in [7, 11) is 0. The standard InChI is InChI=1S/C19H21NO4/c1-11-6-4-7-14-13(3)18(24-17(11)14)19(22)20-12(2)10-15(21)16-8-5-9-23-16/h4-9,12,15,21H,10H2,1-3H3,(H,20,22)/t12-,15-/m0/s1. The van der Waals surface area contributed by atoms with Crippen LogP contribution in [0.1, 0.15) is 46.9 Å². The van der Waals surface area contributed by atoms with E-state index in [1.807, 2.05) is 39.0 Å². The lowest BCUT2D eigenvalue weighted by molar-refractivity contribution is 0.0877. The fourth-order valence-electron chi connectivity index (χ4n) is 2.88. The molecule has 0 saturated carbocycles. The van der Waals surface area contributed by atoms with E-state index >= 15 is 0 Å². The summed E-state index contributed by atoms with van der Waals surface area (Å²) in [4.78, 5) is 12.5. The van der Waals surface area contributed by atoms with E-state index in [9.17, 15) is 9.90 Å². The lowest BCUT2D eigenvalue weighted by atomic mass is 10.1. The van der Waals surface area contributed by atoms with E-state index in [0.717, 1.165) is 22.1 Å². The molecule has 2 atom stereocenters. The minimum atomic E-state index is -0.755. The molecule has 3 rings (SSSR count). The van der Waals surface area contributed by atoms with Gasteiger partial charge in [-0.15, -0.1) is 0 Å². The lowest BCUT2D eigenvalue weighted by Gasteiger charge is -2.16. The van der Waals surface area contributed by atoms with Crippen LogP contribution in [0.5, 0.6) is 0 Å². The summed E-state index contributed by atoms with van der Waals surface area (Å²) in [5.74, 6) is 0.535. The van der Waals surface area contributed by atoms with E-state index in [1.165, 1.54) is 6.26 Å². The molecule has 5 heteroatoms. The Labute approximate surface area is 140 Å². The van der Waals surface area contributed by atoms with Gasteiger partial charge in [-0.25, -0.2) is 0 Å². The van der Waals surface area contributed by atoms with Crippen LogP contribution in [0, 0.1) is 13.8 Å². The molecule has 24 heavy (non-hydrogen) atoms. The Kier molecular flexibility index (Phi) is 4.44. The van der Waals surface area contributed by atoms with Gasteiger partial charge in [0.15, 0.2) is 5.76 Å². The number of furan rings is 2. The largest absolute Gasteiger partial charge is 0.467 e. The van der Waals surface area contributed by atoms with Gasteiger partial charge >= 0.3 is 0 Å². The second-order valence-electron chi connectivity index (χ2n) is 6.15. The molecule has 0 bridgehead atoms. The number of fused-ring (bicyclic) bond motifs is 1. The van der Waals surface area contributed by atoms with Gasteiger partial charge in [0.25, 0.3) is 5.91 Å². The minimum absolute atomic E-state index is 0.230. The van der Waals surface area contributed by atoms with E-state index in [2.05, 4.69) is 5.32 Å². The van der Waals surface area contributed by atoms with E-state index in [4.69, 9.17) is 8.83 Å². The van der Waals surface area contributed by atoms with Gasteiger partial charge in [-0.2, -0.15) is 0 Å². The second-order valence-corrected chi connectivity index (χ2v) is 6.15. The predicted octanol–water partition coefficient (Wildman–Crippen LogP) is 3.88. The van der Waals surface area contributed by atoms with Crippen LogP contribution in [0.25, 0.3) is 11.0 Å². The van der Waals surface area contributed by atoms with Gasteiger partial charge in [-0.05, 0) is 38.5 Å². The molecule has 2 heterocycles. The maximum atomic E-state index is 12.5. The second kappa shape index (κ2) is 6.53. The zero-order valence-corrected chi connectivity index (χ0v) is 14.0. The maximum Gasteiger partial charge on any atom is 0.287 e. The zero-order chi connectivity index (χ0) is 17.3. The molecule has 3 aromatic rings. The highest BCUT2D eigenvalue weighted by Gasteiger charge is 2.22. The highest BCUT2D eigenvalue weighted by Crippen LogP contribution is 2.28. The highest BCUT2D eigenvalue weighted by atomic mass is 16.4. The monoisotopic (exact) mass is 327 g/mol. The van der Waals surface area contributed by atoms with E-state index in [0.29, 0.717) is 17.9 Å². The first-order valence-electron chi connectivity index (χ1n) is 7.98. The van der Waals surface area contributed by atoms with Crippen LogP contribution in [0.2, 0.25) is 0 Å². The van der Waals surface area contributed by atoms with Crippen LogP contribution in [0.3, 0.4) is 0 Å². The number of hydrogen-bond donors (Lipinski definition) is 2. The van der Waals surface area contributed by atoms with Gasteiger partial charge in [0.2, 0.25) is 0 Å². The third kappa shape index (κ3) is 3.08. The molecule has 2 N–H and O–H groups in total. The van der Waals surface area contributed by atoms with Gasteiger partial charge in [0, 0.05) is 23.4 Å². The summed E-state index contributed by atoms with van der Waals surface area (Å²) in [5, 5.41) is 13.9. The summed E-state index contributed by atoms with van der Waals surface area (Å²) in [6.07, 6.45) is 1.12. The number of hydrogen-bond acceptors (Lipinski definition) is 4. The van der Waals surface area contributed by atoms with Crippen molar-refractivity contribution in [1.29, 1.82) is 0 Å². The Hall–Kier alpha value is -2.53. The van der Waals surface area contributed by atoms with Crippen molar-refractivity contribution in [3.8, 4) is 0 Å². The molecule has 0 fully saturated rings. The Balaban J connectivity index is 1.73. The molecule has 0 spiro atoms. The van der Waals surface area contributed by atoms with Crippen LogP contribution in [0.4, 0.5) is 0 Å². The molecular formula is C19H21NO4. The van der Waals surface area contributed by atoms with Crippen LogP contribution in [0.15, 0.2) is 45.4 Å². The lowest BCUT2D eigenvalue weighted by Crippen LogP contribution is -2.33. The number of nitrogens with one attached hydrogen (secondary N) is 1. The molecule has 2 aromatic heterocycles. The molecule has 0 radical (unpaired) electrons. The number of carbonyl (C=O) groups is 1.